The van der Waals surface area contributed by atoms with Crippen molar-refractivity contribution in [3.8, 4) is 17.0 Å². The van der Waals surface area contributed by atoms with Gasteiger partial charge in [0.05, 0.1) is 12.1 Å². The fraction of sp³-hybridized carbons (Fsp3) is 0.179. The molecule has 0 spiro atoms. The minimum absolute atomic E-state index is 0.0994. The van der Waals surface area contributed by atoms with Gasteiger partial charge in [-0.1, -0.05) is 42.5 Å². The Labute approximate surface area is 216 Å². The van der Waals surface area contributed by atoms with Crippen LogP contribution < -0.4 is 10.3 Å². The summed E-state index contributed by atoms with van der Waals surface area (Å²) in [5.74, 6) is -0.389. The molecule has 3 aromatic heterocycles. The van der Waals surface area contributed by atoms with Crippen molar-refractivity contribution in [2.75, 3.05) is 13.6 Å². The molecule has 9 nitrogen and oxygen atoms in total. The van der Waals surface area contributed by atoms with Crippen molar-refractivity contribution in [1.82, 2.24) is 29.2 Å². The summed E-state index contributed by atoms with van der Waals surface area (Å²) in [6, 6.07) is 15.4. The van der Waals surface area contributed by atoms with Crippen molar-refractivity contribution < 1.29 is 13.9 Å². The van der Waals surface area contributed by atoms with E-state index in [2.05, 4.69) is 9.97 Å². The lowest BCUT2D eigenvalue weighted by Crippen LogP contribution is -2.37. The number of likely N-dealkylation sites (N-methyl/N-ethyl adjacent to an activating group) is 1. The number of halogens is 1. The molecule has 0 saturated heterocycles. The maximum Gasteiger partial charge on any atom is 0.280 e. The van der Waals surface area contributed by atoms with E-state index in [9.17, 15) is 14.0 Å². The summed E-state index contributed by atoms with van der Waals surface area (Å²) in [7, 11) is 1.72. The standard InChI is InChI=1S/C28H23FN6O3/c1-33-11-12-34-24-22(26(25(34)28(33)37)38-16-19-5-3-2-4-6-19)27(36)35(15-18-7-9-21(29)10-8-18)32-23(24)20-13-30-17-31-14-20/h2-10,13-14,17H,11-12,15-16H2,1H3. The number of hydrogen-bond donors (Lipinski definition) is 0. The number of rotatable bonds is 6. The molecule has 0 saturated carbocycles. The molecule has 5 aromatic rings. The third-order valence-corrected chi connectivity index (χ3v) is 6.63. The van der Waals surface area contributed by atoms with Gasteiger partial charge in [0.1, 0.15) is 29.8 Å². The molecule has 0 aliphatic carbocycles. The first-order valence-electron chi connectivity index (χ1n) is 12.1. The largest absolute Gasteiger partial charge is 0.486 e. The van der Waals surface area contributed by atoms with Crippen LogP contribution in [0.25, 0.3) is 22.2 Å². The third-order valence-electron chi connectivity index (χ3n) is 6.63. The Balaban J connectivity index is 1.62. The Hall–Kier alpha value is -4.86. The number of carbonyl (C=O) groups excluding carboxylic acids is 1. The van der Waals surface area contributed by atoms with Crippen LogP contribution in [0, 0.1) is 5.82 Å². The predicted molar refractivity (Wildman–Crippen MR) is 138 cm³/mol. The van der Waals surface area contributed by atoms with Crippen molar-refractivity contribution >= 4 is 16.8 Å². The van der Waals surface area contributed by atoms with Gasteiger partial charge in [0.2, 0.25) is 0 Å². The van der Waals surface area contributed by atoms with E-state index < -0.39 is 5.56 Å². The Morgan fingerprint density at radius 1 is 0.947 bits per heavy atom. The minimum atomic E-state index is -0.412. The number of hydrogen-bond acceptors (Lipinski definition) is 6. The van der Waals surface area contributed by atoms with Crippen LogP contribution in [-0.2, 0) is 19.7 Å². The van der Waals surface area contributed by atoms with Gasteiger partial charge in [-0.15, -0.1) is 0 Å². The lowest BCUT2D eigenvalue weighted by atomic mass is 10.1. The molecule has 38 heavy (non-hydrogen) atoms. The summed E-state index contributed by atoms with van der Waals surface area (Å²) >= 11 is 0. The number of ether oxygens (including phenoxy) is 1. The molecule has 2 aromatic carbocycles. The van der Waals surface area contributed by atoms with Gasteiger partial charge in [0, 0.05) is 38.1 Å². The Bertz CT molecular complexity index is 1700. The highest BCUT2D eigenvalue weighted by Gasteiger charge is 2.34. The summed E-state index contributed by atoms with van der Waals surface area (Å²) < 4.78 is 22.9. The monoisotopic (exact) mass is 510 g/mol. The van der Waals surface area contributed by atoms with Crippen LogP contribution >= 0.6 is 0 Å². The Morgan fingerprint density at radius 3 is 2.42 bits per heavy atom. The van der Waals surface area contributed by atoms with E-state index in [0.29, 0.717) is 41.1 Å². The van der Waals surface area contributed by atoms with Gasteiger partial charge in [-0.05, 0) is 23.3 Å². The maximum absolute atomic E-state index is 14.0. The zero-order valence-corrected chi connectivity index (χ0v) is 20.5. The summed E-state index contributed by atoms with van der Waals surface area (Å²) in [4.78, 5) is 37.3. The van der Waals surface area contributed by atoms with E-state index >= 15 is 0 Å². The molecule has 10 heteroatoms. The molecule has 6 rings (SSSR count). The van der Waals surface area contributed by atoms with Crippen molar-refractivity contribution in [3.63, 3.8) is 0 Å². The van der Waals surface area contributed by atoms with Crippen LogP contribution in [0.1, 0.15) is 21.6 Å². The van der Waals surface area contributed by atoms with Gasteiger partial charge in [-0.3, -0.25) is 9.59 Å². The second-order valence-electron chi connectivity index (χ2n) is 9.12. The number of nitrogens with zero attached hydrogens (tertiary/aromatic N) is 6. The summed E-state index contributed by atoms with van der Waals surface area (Å²) in [6.07, 6.45) is 4.64. The molecule has 0 radical (unpaired) electrons. The molecule has 0 fully saturated rings. The van der Waals surface area contributed by atoms with Crippen molar-refractivity contribution in [1.29, 1.82) is 0 Å². The highest BCUT2D eigenvalue weighted by molar-refractivity contribution is 6.07. The molecule has 1 amide bonds. The molecular weight excluding hydrogens is 487 g/mol. The zero-order valence-electron chi connectivity index (χ0n) is 20.5. The third kappa shape index (κ3) is 4.09. The molecule has 0 N–H and O–H groups in total. The van der Waals surface area contributed by atoms with Crippen LogP contribution in [0.3, 0.4) is 0 Å². The van der Waals surface area contributed by atoms with E-state index in [1.165, 1.54) is 23.1 Å². The lowest BCUT2D eigenvalue weighted by Gasteiger charge is -2.25. The van der Waals surface area contributed by atoms with E-state index in [-0.39, 0.29) is 36.0 Å². The maximum atomic E-state index is 14.0. The summed E-state index contributed by atoms with van der Waals surface area (Å²) in [6.45, 7) is 1.21. The van der Waals surface area contributed by atoms with Gasteiger partial charge in [0.15, 0.2) is 11.4 Å². The normalized spacial score (nSPS) is 13.1. The fourth-order valence-corrected chi connectivity index (χ4v) is 4.71. The highest BCUT2D eigenvalue weighted by atomic mass is 19.1. The summed E-state index contributed by atoms with van der Waals surface area (Å²) in [5, 5.41) is 4.96. The average Bonchev–Trinajstić information content (AvgIpc) is 3.28. The zero-order chi connectivity index (χ0) is 26.2. The second kappa shape index (κ2) is 9.55. The van der Waals surface area contributed by atoms with Crippen LogP contribution in [0.4, 0.5) is 4.39 Å². The molecule has 0 bridgehead atoms. The van der Waals surface area contributed by atoms with Crippen molar-refractivity contribution in [3.05, 3.63) is 106 Å². The van der Waals surface area contributed by atoms with Crippen LogP contribution in [0.15, 0.2) is 78.1 Å². The fourth-order valence-electron chi connectivity index (χ4n) is 4.71. The van der Waals surface area contributed by atoms with Gasteiger partial charge < -0.3 is 14.2 Å². The number of amides is 1. The molecule has 1 aliphatic rings. The molecular formula is C28H23FN6O3. The van der Waals surface area contributed by atoms with Crippen molar-refractivity contribution in [2.24, 2.45) is 0 Å². The molecule has 4 heterocycles. The van der Waals surface area contributed by atoms with Crippen LogP contribution in [-0.4, -0.2) is 48.7 Å². The average molecular weight is 511 g/mol. The molecule has 1 aliphatic heterocycles. The van der Waals surface area contributed by atoms with Crippen LogP contribution in [0.5, 0.6) is 5.75 Å². The number of aromatic nitrogens is 5. The van der Waals surface area contributed by atoms with E-state index in [1.54, 1.807) is 36.5 Å². The van der Waals surface area contributed by atoms with Gasteiger partial charge in [-0.25, -0.2) is 19.0 Å². The number of fused-ring (bicyclic) bond motifs is 3. The van der Waals surface area contributed by atoms with E-state index in [1.807, 2.05) is 34.9 Å². The van der Waals surface area contributed by atoms with E-state index in [0.717, 1.165) is 5.56 Å². The minimum Gasteiger partial charge on any atom is -0.486 e. The number of benzene rings is 2. The van der Waals surface area contributed by atoms with Gasteiger partial charge in [-0.2, -0.15) is 5.10 Å². The first-order valence-corrected chi connectivity index (χ1v) is 12.1. The molecule has 0 atom stereocenters. The SMILES string of the molecule is CN1CCn2c(c(OCc3ccccc3)c3c(=O)n(Cc4ccc(F)cc4)nc(-c4cncnc4)c32)C1=O. The quantitative estimate of drug-likeness (QED) is 0.347. The van der Waals surface area contributed by atoms with Crippen LogP contribution in [0.2, 0.25) is 0 Å². The Morgan fingerprint density at radius 2 is 1.68 bits per heavy atom. The highest BCUT2D eigenvalue weighted by Crippen LogP contribution is 2.38. The van der Waals surface area contributed by atoms with Crippen molar-refractivity contribution in [2.45, 2.75) is 19.7 Å². The summed E-state index contributed by atoms with van der Waals surface area (Å²) in [5.41, 5.74) is 3.03. The first kappa shape index (κ1) is 23.5. The second-order valence-corrected chi connectivity index (χ2v) is 9.12. The number of carbonyl (C=O) groups is 1. The van der Waals surface area contributed by atoms with Gasteiger partial charge in [0.25, 0.3) is 11.5 Å². The van der Waals surface area contributed by atoms with Gasteiger partial charge >= 0.3 is 0 Å². The molecule has 190 valence electrons. The predicted octanol–water partition coefficient (Wildman–Crippen LogP) is 3.51. The molecule has 0 unspecified atom stereocenters. The smallest absolute Gasteiger partial charge is 0.280 e. The van der Waals surface area contributed by atoms with E-state index in [4.69, 9.17) is 9.84 Å². The Kier molecular flexibility index (Phi) is 5.91. The first-order chi connectivity index (χ1) is 18.5. The lowest BCUT2D eigenvalue weighted by molar-refractivity contribution is 0.0744. The topological polar surface area (TPSA) is 95.1 Å².